The lowest BCUT2D eigenvalue weighted by Crippen LogP contribution is -2.45. The van der Waals surface area contributed by atoms with Gasteiger partial charge in [0.05, 0.1) is 0 Å². The Bertz CT molecular complexity index is 556. The van der Waals surface area contributed by atoms with Gasteiger partial charge >= 0.3 is 0 Å². The summed E-state index contributed by atoms with van der Waals surface area (Å²) in [7, 11) is 0. The Morgan fingerprint density at radius 1 is 1.10 bits per heavy atom. The third kappa shape index (κ3) is 3.06. The number of hydrogen-bond acceptors (Lipinski definition) is 2. The maximum Gasteiger partial charge on any atom is 0.123 e. The summed E-state index contributed by atoms with van der Waals surface area (Å²) >= 11 is 0. The topological polar surface area (TPSA) is 15.3 Å². The normalized spacial score (nSPS) is 19.9. The molecule has 1 N–H and O–H groups in total. The number of piperazine rings is 1. The highest BCUT2D eigenvalue weighted by Crippen LogP contribution is 2.24. The summed E-state index contributed by atoms with van der Waals surface area (Å²) in [4.78, 5) is 2.42. The second-order valence-corrected chi connectivity index (χ2v) is 5.23. The third-order valence-corrected chi connectivity index (χ3v) is 3.81. The molecule has 1 aliphatic heterocycles. The van der Waals surface area contributed by atoms with E-state index in [2.05, 4.69) is 34.5 Å². The number of hydrogen-bond donors (Lipinski definition) is 1. The molecule has 2 aromatic carbocycles. The standard InChI is InChI=1S/C17H19FN2/c18-16-8-4-5-14(11-16)13-20-10-9-19-12-17(20)15-6-2-1-3-7-15/h1-8,11,17,19H,9-10,12-13H2. The number of nitrogens with zero attached hydrogens (tertiary/aromatic N) is 1. The third-order valence-electron chi connectivity index (χ3n) is 3.81. The first-order valence-corrected chi connectivity index (χ1v) is 7.07. The van der Waals surface area contributed by atoms with E-state index in [0.717, 1.165) is 31.7 Å². The fourth-order valence-corrected chi connectivity index (χ4v) is 2.81. The molecule has 3 rings (SSSR count). The first kappa shape index (κ1) is 13.3. The molecule has 104 valence electrons. The van der Waals surface area contributed by atoms with Gasteiger partial charge in [-0.2, -0.15) is 0 Å². The first-order chi connectivity index (χ1) is 9.83. The van der Waals surface area contributed by atoms with Crippen molar-refractivity contribution in [3.63, 3.8) is 0 Å². The van der Waals surface area contributed by atoms with E-state index < -0.39 is 0 Å². The van der Waals surface area contributed by atoms with Gasteiger partial charge in [0.1, 0.15) is 5.82 Å². The van der Waals surface area contributed by atoms with Gasteiger partial charge < -0.3 is 5.32 Å². The molecule has 0 bridgehead atoms. The second-order valence-electron chi connectivity index (χ2n) is 5.23. The van der Waals surface area contributed by atoms with Crippen LogP contribution in [0.25, 0.3) is 0 Å². The Morgan fingerprint density at radius 3 is 2.75 bits per heavy atom. The number of rotatable bonds is 3. The highest BCUT2D eigenvalue weighted by atomic mass is 19.1. The smallest absolute Gasteiger partial charge is 0.123 e. The molecule has 1 unspecified atom stereocenters. The van der Waals surface area contributed by atoms with Crippen molar-refractivity contribution in [3.8, 4) is 0 Å². The predicted octanol–water partition coefficient (Wildman–Crippen LogP) is 2.97. The van der Waals surface area contributed by atoms with Gasteiger partial charge in [0.2, 0.25) is 0 Å². The van der Waals surface area contributed by atoms with Gasteiger partial charge in [-0.25, -0.2) is 4.39 Å². The Balaban J connectivity index is 1.79. The second kappa shape index (κ2) is 6.16. The van der Waals surface area contributed by atoms with Gasteiger partial charge in [-0.15, -0.1) is 0 Å². The van der Waals surface area contributed by atoms with E-state index in [0.29, 0.717) is 6.04 Å². The molecule has 1 aliphatic rings. The van der Waals surface area contributed by atoms with Gasteiger partial charge in [0.15, 0.2) is 0 Å². The minimum Gasteiger partial charge on any atom is -0.314 e. The lowest BCUT2D eigenvalue weighted by atomic mass is 10.0. The predicted molar refractivity (Wildman–Crippen MR) is 78.9 cm³/mol. The van der Waals surface area contributed by atoms with E-state index in [4.69, 9.17) is 0 Å². The monoisotopic (exact) mass is 270 g/mol. The van der Waals surface area contributed by atoms with Crippen molar-refractivity contribution >= 4 is 0 Å². The summed E-state index contributed by atoms with van der Waals surface area (Å²) in [5, 5.41) is 3.44. The minimum absolute atomic E-state index is 0.158. The van der Waals surface area contributed by atoms with Crippen LogP contribution in [-0.4, -0.2) is 24.5 Å². The zero-order valence-corrected chi connectivity index (χ0v) is 11.4. The molecule has 2 aromatic rings. The van der Waals surface area contributed by atoms with Crippen molar-refractivity contribution < 1.29 is 4.39 Å². The minimum atomic E-state index is -0.158. The van der Waals surface area contributed by atoms with Crippen molar-refractivity contribution in [3.05, 3.63) is 71.5 Å². The van der Waals surface area contributed by atoms with Gasteiger partial charge in [0.25, 0.3) is 0 Å². The van der Waals surface area contributed by atoms with E-state index >= 15 is 0 Å². The van der Waals surface area contributed by atoms with Crippen molar-refractivity contribution in [1.29, 1.82) is 0 Å². The van der Waals surface area contributed by atoms with E-state index in [1.54, 1.807) is 12.1 Å². The van der Waals surface area contributed by atoms with Gasteiger partial charge in [-0.1, -0.05) is 42.5 Å². The summed E-state index contributed by atoms with van der Waals surface area (Å²) in [6, 6.07) is 17.8. The van der Waals surface area contributed by atoms with Crippen molar-refractivity contribution in [2.75, 3.05) is 19.6 Å². The Hall–Kier alpha value is -1.71. The van der Waals surface area contributed by atoms with Gasteiger partial charge in [-0.05, 0) is 23.3 Å². The molecule has 0 aromatic heterocycles. The Kier molecular flexibility index (Phi) is 4.09. The molecule has 0 aliphatic carbocycles. The summed E-state index contributed by atoms with van der Waals surface area (Å²) in [5.74, 6) is -0.158. The summed E-state index contributed by atoms with van der Waals surface area (Å²) in [5.41, 5.74) is 2.35. The largest absolute Gasteiger partial charge is 0.314 e. The molecule has 1 saturated heterocycles. The lowest BCUT2D eigenvalue weighted by Gasteiger charge is -2.36. The van der Waals surface area contributed by atoms with E-state index in [1.807, 2.05) is 12.1 Å². The van der Waals surface area contributed by atoms with Crippen LogP contribution < -0.4 is 5.32 Å². The maximum atomic E-state index is 13.3. The molecule has 0 spiro atoms. The molecule has 1 heterocycles. The molecule has 1 fully saturated rings. The van der Waals surface area contributed by atoms with Crippen LogP contribution in [0.3, 0.4) is 0 Å². The molecule has 0 amide bonds. The van der Waals surface area contributed by atoms with E-state index in [1.165, 1.54) is 11.6 Å². The van der Waals surface area contributed by atoms with Crippen LogP contribution in [0.5, 0.6) is 0 Å². The number of benzene rings is 2. The van der Waals surface area contributed by atoms with Gasteiger partial charge in [0, 0.05) is 32.2 Å². The fourth-order valence-electron chi connectivity index (χ4n) is 2.81. The van der Waals surface area contributed by atoms with Crippen molar-refractivity contribution in [1.82, 2.24) is 10.2 Å². The van der Waals surface area contributed by atoms with Gasteiger partial charge in [-0.3, -0.25) is 4.90 Å². The zero-order chi connectivity index (χ0) is 13.8. The zero-order valence-electron chi connectivity index (χ0n) is 11.4. The van der Waals surface area contributed by atoms with Crippen LogP contribution in [0.15, 0.2) is 54.6 Å². The van der Waals surface area contributed by atoms with Crippen molar-refractivity contribution in [2.45, 2.75) is 12.6 Å². The molecule has 2 nitrogen and oxygen atoms in total. The fraction of sp³-hybridized carbons (Fsp3) is 0.294. The van der Waals surface area contributed by atoms with Crippen LogP contribution in [-0.2, 0) is 6.54 Å². The SMILES string of the molecule is Fc1cccc(CN2CCNCC2c2ccccc2)c1. The first-order valence-electron chi connectivity index (χ1n) is 7.07. The molecule has 0 radical (unpaired) electrons. The quantitative estimate of drug-likeness (QED) is 0.922. The maximum absolute atomic E-state index is 13.3. The molecule has 3 heteroatoms. The number of halogens is 1. The van der Waals surface area contributed by atoms with Crippen LogP contribution in [0.2, 0.25) is 0 Å². The van der Waals surface area contributed by atoms with Crippen LogP contribution in [0.4, 0.5) is 4.39 Å². The van der Waals surface area contributed by atoms with E-state index in [9.17, 15) is 4.39 Å². The number of nitrogens with one attached hydrogen (secondary N) is 1. The highest BCUT2D eigenvalue weighted by molar-refractivity contribution is 5.21. The summed E-state index contributed by atoms with van der Waals surface area (Å²) < 4.78 is 13.3. The Labute approximate surface area is 119 Å². The average Bonchev–Trinajstić information content (AvgIpc) is 2.49. The lowest BCUT2D eigenvalue weighted by molar-refractivity contribution is 0.153. The summed E-state index contributed by atoms with van der Waals surface area (Å²) in [6.45, 7) is 3.70. The Morgan fingerprint density at radius 2 is 1.95 bits per heavy atom. The van der Waals surface area contributed by atoms with Crippen molar-refractivity contribution in [2.24, 2.45) is 0 Å². The van der Waals surface area contributed by atoms with Crippen LogP contribution in [0.1, 0.15) is 17.2 Å². The summed E-state index contributed by atoms with van der Waals surface area (Å²) in [6.07, 6.45) is 0. The molecule has 0 saturated carbocycles. The molecule has 1 atom stereocenters. The molecule has 20 heavy (non-hydrogen) atoms. The highest BCUT2D eigenvalue weighted by Gasteiger charge is 2.23. The van der Waals surface area contributed by atoms with Crippen LogP contribution in [0, 0.1) is 5.82 Å². The van der Waals surface area contributed by atoms with Crippen LogP contribution >= 0.6 is 0 Å². The molecular weight excluding hydrogens is 251 g/mol. The average molecular weight is 270 g/mol. The van der Waals surface area contributed by atoms with E-state index in [-0.39, 0.29) is 5.82 Å². The molecular formula is C17H19FN2.